The van der Waals surface area contributed by atoms with Gasteiger partial charge in [0.25, 0.3) is 0 Å². The fourth-order valence-electron chi connectivity index (χ4n) is 2.87. The average Bonchev–Trinajstić information content (AvgIpc) is 2.80. The Morgan fingerprint density at radius 2 is 2.00 bits per heavy atom. The van der Waals surface area contributed by atoms with Crippen LogP contribution in [0, 0.1) is 0 Å². The summed E-state index contributed by atoms with van der Waals surface area (Å²) in [6.45, 7) is 4.12. The molecule has 22 heavy (non-hydrogen) atoms. The zero-order chi connectivity index (χ0) is 15.9. The van der Waals surface area contributed by atoms with Crippen molar-refractivity contribution in [3.63, 3.8) is 0 Å². The van der Waals surface area contributed by atoms with Gasteiger partial charge in [0.1, 0.15) is 5.75 Å². The van der Waals surface area contributed by atoms with Crippen LogP contribution >= 0.6 is 0 Å². The van der Waals surface area contributed by atoms with E-state index in [1.165, 1.54) is 0 Å². The Morgan fingerprint density at radius 1 is 1.27 bits per heavy atom. The van der Waals surface area contributed by atoms with E-state index in [1.807, 2.05) is 29.2 Å². The molecule has 1 fully saturated rings. The summed E-state index contributed by atoms with van der Waals surface area (Å²) in [5.74, 6) is 0.981. The second-order valence-corrected chi connectivity index (χ2v) is 5.66. The van der Waals surface area contributed by atoms with Crippen LogP contribution in [-0.2, 0) is 9.53 Å². The highest BCUT2D eigenvalue weighted by atomic mass is 16.5. The van der Waals surface area contributed by atoms with E-state index >= 15 is 0 Å². The molecule has 1 aliphatic rings. The summed E-state index contributed by atoms with van der Waals surface area (Å²) in [6.07, 6.45) is 2.21. The first kappa shape index (κ1) is 16.8. The average molecular weight is 306 g/mol. The molecule has 2 unspecified atom stereocenters. The molecule has 0 spiro atoms. The number of nitrogens with zero attached hydrogens (tertiary/aromatic N) is 1. The van der Waals surface area contributed by atoms with Gasteiger partial charge in [0.2, 0.25) is 5.91 Å². The number of nitrogens with two attached hydrogens (primary N) is 1. The number of carbonyl (C=O) groups is 1. The van der Waals surface area contributed by atoms with E-state index < -0.39 is 0 Å². The second kappa shape index (κ2) is 8.15. The molecule has 2 N–H and O–H groups in total. The van der Waals surface area contributed by atoms with Gasteiger partial charge in [-0.05, 0) is 30.5 Å². The maximum Gasteiger partial charge on any atom is 0.224 e. The number of rotatable bonds is 8. The summed E-state index contributed by atoms with van der Waals surface area (Å²) in [7, 11) is 1.67. The first-order valence-corrected chi connectivity index (χ1v) is 7.94. The van der Waals surface area contributed by atoms with Crippen molar-refractivity contribution in [1.82, 2.24) is 4.90 Å². The maximum atomic E-state index is 12.2. The second-order valence-electron chi connectivity index (χ2n) is 5.66. The minimum Gasteiger partial charge on any atom is -0.494 e. The number of hydrogen-bond acceptors (Lipinski definition) is 4. The highest BCUT2D eigenvalue weighted by Crippen LogP contribution is 2.33. The minimum atomic E-state index is -0.155. The Balaban J connectivity index is 2.07. The molecule has 1 heterocycles. The third kappa shape index (κ3) is 3.99. The summed E-state index contributed by atoms with van der Waals surface area (Å²) in [5, 5.41) is 0. The van der Waals surface area contributed by atoms with Gasteiger partial charge in [-0.3, -0.25) is 4.79 Å². The van der Waals surface area contributed by atoms with Crippen molar-refractivity contribution >= 4 is 5.91 Å². The molecule has 1 aliphatic heterocycles. The van der Waals surface area contributed by atoms with Gasteiger partial charge in [-0.2, -0.15) is 0 Å². The molecule has 0 aliphatic carbocycles. The summed E-state index contributed by atoms with van der Waals surface area (Å²) < 4.78 is 10.7. The summed E-state index contributed by atoms with van der Waals surface area (Å²) in [5.41, 5.74) is 7.26. The molecular formula is C17H26N2O3. The van der Waals surface area contributed by atoms with Crippen LogP contribution in [-0.4, -0.2) is 43.7 Å². The van der Waals surface area contributed by atoms with Crippen molar-refractivity contribution < 1.29 is 14.3 Å². The number of benzene rings is 1. The number of hydrogen-bond donors (Lipinski definition) is 1. The maximum absolute atomic E-state index is 12.2. The molecule has 0 aromatic heterocycles. The lowest BCUT2D eigenvalue weighted by Gasteiger charge is -2.27. The van der Waals surface area contributed by atoms with E-state index in [1.54, 1.807) is 7.11 Å². The third-order valence-electron chi connectivity index (χ3n) is 3.91. The monoisotopic (exact) mass is 306 g/mol. The van der Waals surface area contributed by atoms with Crippen LogP contribution in [0.2, 0.25) is 0 Å². The lowest BCUT2D eigenvalue weighted by molar-refractivity contribution is -0.129. The smallest absolute Gasteiger partial charge is 0.224 e. The van der Waals surface area contributed by atoms with Crippen LogP contribution < -0.4 is 10.5 Å². The van der Waals surface area contributed by atoms with Gasteiger partial charge in [0.15, 0.2) is 0 Å². The number of likely N-dealkylation sites (tertiary alicyclic amines) is 1. The Morgan fingerprint density at radius 3 is 2.64 bits per heavy atom. The molecule has 1 aromatic carbocycles. The topological polar surface area (TPSA) is 64.8 Å². The number of ether oxygens (including phenoxy) is 2. The van der Waals surface area contributed by atoms with Crippen LogP contribution in [0.5, 0.6) is 5.75 Å². The van der Waals surface area contributed by atoms with Crippen molar-refractivity contribution in [3.05, 3.63) is 29.8 Å². The van der Waals surface area contributed by atoms with E-state index in [9.17, 15) is 4.79 Å². The molecule has 1 aromatic rings. The zero-order valence-electron chi connectivity index (χ0n) is 13.5. The molecule has 1 amide bonds. The first-order chi connectivity index (χ1) is 10.7. The summed E-state index contributed by atoms with van der Waals surface area (Å²) in [6, 6.07) is 7.72. The fourth-order valence-corrected chi connectivity index (χ4v) is 2.87. The molecule has 0 radical (unpaired) electrons. The molecule has 5 heteroatoms. The van der Waals surface area contributed by atoms with E-state index in [4.69, 9.17) is 15.2 Å². The number of carbonyl (C=O) groups excluding carboxylic acids is 1. The van der Waals surface area contributed by atoms with E-state index in [0.717, 1.165) is 24.2 Å². The highest BCUT2D eigenvalue weighted by molar-refractivity contribution is 5.80. The highest BCUT2D eigenvalue weighted by Gasteiger charge is 2.38. The van der Waals surface area contributed by atoms with Crippen molar-refractivity contribution in [2.45, 2.75) is 38.3 Å². The summed E-state index contributed by atoms with van der Waals surface area (Å²) >= 11 is 0. The number of amides is 1. The number of methoxy groups -OCH3 is 1. The van der Waals surface area contributed by atoms with Gasteiger partial charge in [-0.15, -0.1) is 0 Å². The summed E-state index contributed by atoms with van der Waals surface area (Å²) in [4.78, 5) is 14.0. The van der Waals surface area contributed by atoms with Crippen LogP contribution in [0.3, 0.4) is 0 Å². The van der Waals surface area contributed by atoms with Crippen LogP contribution in [0.15, 0.2) is 24.3 Å². The Kier molecular flexibility index (Phi) is 6.21. The molecule has 2 rings (SSSR count). The lowest BCUT2D eigenvalue weighted by Crippen LogP contribution is -2.34. The molecule has 122 valence electrons. The molecule has 0 saturated carbocycles. The van der Waals surface area contributed by atoms with Crippen molar-refractivity contribution in [1.29, 1.82) is 0 Å². The molecule has 2 atom stereocenters. The minimum absolute atomic E-state index is 0.0513. The van der Waals surface area contributed by atoms with E-state index in [0.29, 0.717) is 26.2 Å². The Labute approximate surface area is 132 Å². The van der Waals surface area contributed by atoms with Gasteiger partial charge in [0.05, 0.1) is 12.6 Å². The zero-order valence-corrected chi connectivity index (χ0v) is 13.5. The predicted octanol–water partition coefficient (Wildman–Crippen LogP) is 2.11. The largest absolute Gasteiger partial charge is 0.494 e. The van der Waals surface area contributed by atoms with Gasteiger partial charge in [-0.25, -0.2) is 0 Å². The van der Waals surface area contributed by atoms with Gasteiger partial charge in [0, 0.05) is 32.7 Å². The van der Waals surface area contributed by atoms with Crippen LogP contribution in [0.1, 0.15) is 37.8 Å². The fraction of sp³-hybridized carbons (Fsp3) is 0.588. The lowest BCUT2D eigenvalue weighted by atomic mass is 10.0. The standard InChI is InChI=1S/C17H26N2O3/c1-3-10-22-14-7-5-13(6-8-14)17-15(18)12-16(20)19(17)9-4-11-21-2/h5-8,15,17H,3-4,9-12,18H2,1-2H3. The van der Waals surface area contributed by atoms with Crippen molar-refractivity contribution in [3.8, 4) is 5.75 Å². The van der Waals surface area contributed by atoms with Gasteiger partial charge < -0.3 is 20.1 Å². The normalized spacial score (nSPS) is 21.4. The van der Waals surface area contributed by atoms with Crippen molar-refractivity contribution in [2.24, 2.45) is 5.73 Å². The first-order valence-electron chi connectivity index (χ1n) is 7.94. The molecule has 5 nitrogen and oxygen atoms in total. The quantitative estimate of drug-likeness (QED) is 0.747. The van der Waals surface area contributed by atoms with Gasteiger partial charge >= 0.3 is 0 Å². The Hall–Kier alpha value is -1.59. The molecular weight excluding hydrogens is 280 g/mol. The molecule has 1 saturated heterocycles. The Bertz CT molecular complexity index is 475. The van der Waals surface area contributed by atoms with Crippen molar-refractivity contribution in [2.75, 3.05) is 26.9 Å². The van der Waals surface area contributed by atoms with E-state index in [2.05, 4.69) is 6.92 Å². The molecule has 0 bridgehead atoms. The third-order valence-corrected chi connectivity index (χ3v) is 3.91. The predicted molar refractivity (Wildman–Crippen MR) is 85.8 cm³/mol. The van der Waals surface area contributed by atoms with Crippen LogP contribution in [0.4, 0.5) is 0 Å². The van der Waals surface area contributed by atoms with Gasteiger partial charge in [-0.1, -0.05) is 19.1 Å². The SMILES string of the molecule is CCCOc1ccc(C2C(N)CC(=O)N2CCCOC)cc1. The van der Waals surface area contributed by atoms with Crippen LogP contribution in [0.25, 0.3) is 0 Å². The van der Waals surface area contributed by atoms with E-state index in [-0.39, 0.29) is 18.0 Å².